The van der Waals surface area contributed by atoms with E-state index in [0.717, 1.165) is 6.54 Å². The highest BCUT2D eigenvalue weighted by Crippen LogP contribution is 2.17. The van der Waals surface area contributed by atoms with Crippen LogP contribution in [0.25, 0.3) is 0 Å². The van der Waals surface area contributed by atoms with E-state index < -0.39 is 5.82 Å². The van der Waals surface area contributed by atoms with E-state index in [0.29, 0.717) is 12.8 Å². The van der Waals surface area contributed by atoms with Crippen LogP contribution in [0.4, 0.5) is 10.1 Å². The fourth-order valence-corrected chi connectivity index (χ4v) is 1.38. The molecule has 0 saturated carbocycles. The van der Waals surface area contributed by atoms with Crippen molar-refractivity contribution in [1.29, 1.82) is 5.26 Å². The van der Waals surface area contributed by atoms with Crippen molar-refractivity contribution < 1.29 is 9.18 Å². The van der Waals surface area contributed by atoms with Crippen LogP contribution in [-0.4, -0.2) is 19.5 Å². The lowest BCUT2D eigenvalue weighted by molar-refractivity contribution is -0.116. The zero-order valence-electron chi connectivity index (χ0n) is 9.59. The van der Waals surface area contributed by atoms with Crippen molar-refractivity contribution in [3.05, 3.63) is 29.6 Å². The highest BCUT2D eigenvalue weighted by molar-refractivity contribution is 5.92. The molecule has 2 N–H and O–H groups in total. The predicted octanol–water partition coefficient (Wildman–Crippen LogP) is 1.64. The Bertz CT molecular complexity index is 440. The third-order valence-corrected chi connectivity index (χ3v) is 2.23. The molecular formula is C12H14FN3O. The van der Waals surface area contributed by atoms with Gasteiger partial charge < -0.3 is 10.6 Å². The van der Waals surface area contributed by atoms with Crippen molar-refractivity contribution in [1.82, 2.24) is 5.32 Å². The number of nitriles is 1. The number of halogens is 1. The topological polar surface area (TPSA) is 64.9 Å². The number of benzene rings is 1. The van der Waals surface area contributed by atoms with Crippen LogP contribution in [0.1, 0.15) is 18.4 Å². The predicted molar refractivity (Wildman–Crippen MR) is 62.9 cm³/mol. The molecule has 0 aliphatic rings. The fourth-order valence-electron chi connectivity index (χ4n) is 1.38. The molecule has 1 amide bonds. The molecule has 0 atom stereocenters. The van der Waals surface area contributed by atoms with Gasteiger partial charge in [0.05, 0.1) is 5.69 Å². The number of amides is 1. The Morgan fingerprint density at radius 2 is 2.29 bits per heavy atom. The van der Waals surface area contributed by atoms with Gasteiger partial charge in [-0.2, -0.15) is 5.26 Å². The summed E-state index contributed by atoms with van der Waals surface area (Å²) in [5.74, 6) is -0.845. The minimum absolute atomic E-state index is 0.130. The van der Waals surface area contributed by atoms with Gasteiger partial charge in [0.15, 0.2) is 0 Å². The minimum atomic E-state index is -0.625. The Labute approximate surface area is 99.4 Å². The van der Waals surface area contributed by atoms with E-state index in [4.69, 9.17) is 5.26 Å². The first-order chi connectivity index (χ1) is 8.19. The van der Waals surface area contributed by atoms with Gasteiger partial charge in [0.25, 0.3) is 0 Å². The summed E-state index contributed by atoms with van der Waals surface area (Å²) in [6.07, 6.45) is 1.03. The number of nitrogens with zero attached hydrogens (tertiary/aromatic N) is 1. The van der Waals surface area contributed by atoms with E-state index >= 15 is 0 Å². The van der Waals surface area contributed by atoms with E-state index in [1.54, 1.807) is 13.1 Å². The lowest BCUT2D eigenvalue weighted by Gasteiger charge is -2.07. The molecule has 90 valence electrons. The van der Waals surface area contributed by atoms with Crippen LogP contribution in [0.5, 0.6) is 0 Å². The number of nitrogens with one attached hydrogen (secondary N) is 2. The molecule has 1 aromatic rings. The Morgan fingerprint density at radius 3 is 2.94 bits per heavy atom. The van der Waals surface area contributed by atoms with Crippen molar-refractivity contribution in [3.63, 3.8) is 0 Å². The van der Waals surface area contributed by atoms with Crippen molar-refractivity contribution >= 4 is 11.6 Å². The Kier molecular flexibility index (Phi) is 5.11. The van der Waals surface area contributed by atoms with E-state index in [-0.39, 0.29) is 17.2 Å². The maximum atomic E-state index is 13.2. The normalized spacial score (nSPS) is 9.71. The van der Waals surface area contributed by atoms with Crippen molar-refractivity contribution in [2.24, 2.45) is 0 Å². The second-order valence-electron chi connectivity index (χ2n) is 3.53. The van der Waals surface area contributed by atoms with Gasteiger partial charge in [-0.05, 0) is 32.1 Å². The highest BCUT2D eigenvalue weighted by Gasteiger charge is 2.10. The molecule has 0 fully saturated rings. The Hall–Kier alpha value is -1.93. The molecular weight excluding hydrogens is 221 g/mol. The molecule has 0 heterocycles. The second kappa shape index (κ2) is 6.61. The van der Waals surface area contributed by atoms with Crippen LogP contribution < -0.4 is 10.6 Å². The zero-order valence-corrected chi connectivity index (χ0v) is 9.59. The summed E-state index contributed by atoms with van der Waals surface area (Å²) in [6, 6.07) is 5.89. The average molecular weight is 235 g/mol. The summed E-state index contributed by atoms with van der Waals surface area (Å²) in [5.41, 5.74) is 0.0939. The minimum Gasteiger partial charge on any atom is -0.325 e. The van der Waals surface area contributed by atoms with Crippen molar-refractivity contribution in [2.45, 2.75) is 12.8 Å². The van der Waals surface area contributed by atoms with Gasteiger partial charge in [-0.25, -0.2) is 4.39 Å². The van der Waals surface area contributed by atoms with Gasteiger partial charge in [-0.3, -0.25) is 4.79 Å². The molecule has 17 heavy (non-hydrogen) atoms. The van der Waals surface area contributed by atoms with Crippen LogP contribution >= 0.6 is 0 Å². The molecule has 1 aromatic carbocycles. The zero-order chi connectivity index (χ0) is 12.7. The van der Waals surface area contributed by atoms with E-state index in [2.05, 4.69) is 10.6 Å². The smallest absolute Gasteiger partial charge is 0.224 e. The first kappa shape index (κ1) is 13.1. The van der Waals surface area contributed by atoms with E-state index in [1.807, 2.05) is 0 Å². The summed E-state index contributed by atoms with van der Waals surface area (Å²) in [6.45, 7) is 0.738. The second-order valence-corrected chi connectivity index (χ2v) is 3.53. The summed E-state index contributed by atoms with van der Waals surface area (Å²) in [5, 5.41) is 14.2. The van der Waals surface area contributed by atoms with Crippen LogP contribution in [0.15, 0.2) is 18.2 Å². The van der Waals surface area contributed by atoms with E-state index in [1.165, 1.54) is 18.2 Å². The SMILES string of the molecule is CNCCCC(=O)Nc1cccc(F)c1C#N. The number of rotatable bonds is 5. The van der Waals surface area contributed by atoms with Crippen molar-refractivity contribution in [3.8, 4) is 6.07 Å². The lowest BCUT2D eigenvalue weighted by Crippen LogP contribution is -2.16. The van der Waals surface area contributed by atoms with Crippen LogP contribution in [-0.2, 0) is 4.79 Å². The Balaban J connectivity index is 2.66. The molecule has 0 bridgehead atoms. The molecule has 0 radical (unpaired) electrons. The monoisotopic (exact) mass is 235 g/mol. The molecule has 0 aliphatic carbocycles. The fraction of sp³-hybridized carbons (Fsp3) is 0.333. The summed E-state index contributed by atoms with van der Waals surface area (Å²) < 4.78 is 13.2. The van der Waals surface area contributed by atoms with Gasteiger partial charge in [0, 0.05) is 6.42 Å². The highest BCUT2D eigenvalue weighted by atomic mass is 19.1. The summed E-state index contributed by atoms with van der Waals surface area (Å²) >= 11 is 0. The van der Waals surface area contributed by atoms with Gasteiger partial charge in [0.2, 0.25) is 5.91 Å². The Morgan fingerprint density at radius 1 is 1.53 bits per heavy atom. The maximum Gasteiger partial charge on any atom is 0.224 e. The molecule has 1 rings (SSSR count). The molecule has 0 unspecified atom stereocenters. The van der Waals surface area contributed by atoms with Gasteiger partial charge in [0.1, 0.15) is 17.4 Å². The number of carbonyl (C=O) groups is 1. The molecule has 5 heteroatoms. The average Bonchev–Trinajstić information content (AvgIpc) is 2.29. The number of carbonyl (C=O) groups excluding carboxylic acids is 1. The standard InChI is InChI=1S/C12H14FN3O/c1-15-7-3-6-12(17)16-11-5-2-4-10(13)9(11)8-14/h2,4-5,15H,3,6-7H2,1H3,(H,16,17). The summed E-state index contributed by atoms with van der Waals surface area (Å²) in [4.78, 5) is 11.5. The lowest BCUT2D eigenvalue weighted by atomic mass is 10.1. The first-order valence-corrected chi connectivity index (χ1v) is 5.32. The van der Waals surface area contributed by atoms with Gasteiger partial charge in [-0.1, -0.05) is 6.07 Å². The first-order valence-electron chi connectivity index (χ1n) is 5.32. The summed E-state index contributed by atoms with van der Waals surface area (Å²) in [7, 11) is 1.80. The maximum absolute atomic E-state index is 13.2. The third-order valence-electron chi connectivity index (χ3n) is 2.23. The molecule has 0 aromatic heterocycles. The van der Waals surface area contributed by atoms with Crippen LogP contribution in [0.2, 0.25) is 0 Å². The number of hydrogen-bond donors (Lipinski definition) is 2. The number of hydrogen-bond acceptors (Lipinski definition) is 3. The van der Waals surface area contributed by atoms with E-state index in [9.17, 15) is 9.18 Å². The van der Waals surface area contributed by atoms with Gasteiger partial charge >= 0.3 is 0 Å². The largest absolute Gasteiger partial charge is 0.325 e. The van der Waals surface area contributed by atoms with Crippen LogP contribution in [0, 0.1) is 17.1 Å². The molecule has 4 nitrogen and oxygen atoms in total. The molecule has 0 saturated heterocycles. The quantitative estimate of drug-likeness (QED) is 0.762. The molecule has 0 spiro atoms. The third kappa shape index (κ3) is 3.85. The van der Waals surface area contributed by atoms with Crippen LogP contribution in [0.3, 0.4) is 0 Å². The molecule has 0 aliphatic heterocycles. The number of anilines is 1. The van der Waals surface area contributed by atoms with Crippen molar-refractivity contribution in [2.75, 3.05) is 18.9 Å². The van der Waals surface area contributed by atoms with Gasteiger partial charge in [-0.15, -0.1) is 0 Å².